The Balaban J connectivity index is 2.47. The van der Waals surface area contributed by atoms with Crippen LogP contribution in [0.4, 0.5) is 0 Å². The predicted octanol–water partition coefficient (Wildman–Crippen LogP) is 1.60. The molecule has 0 saturated heterocycles. The fraction of sp³-hybridized carbons (Fsp3) is 0.222. The van der Waals surface area contributed by atoms with E-state index in [0.717, 1.165) is 0 Å². The molecule has 0 aliphatic carbocycles. The minimum Gasteiger partial charge on any atom is -0.407 e. The van der Waals surface area contributed by atoms with Gasteiger partial charge in [0, 0.05) is 12.3 Å². The molecule has 0 atom stereocenters. The van der Waals surface area contributed by atoms with Crippen molar-refractivity contribution in [3.8, 4) is 5.88 Å². The van der Waals surface area contributed by atoms with Crippen molar-refractivity contribution in [2.45, 2.75) is 13.3 Å². The summed E-state index contributed by atoms with van der Waals surface area (Å²) in [5.74, 6) is -0.0107. The average Bonchev–Trinajstić information content (AvgIpc) is 2.06. The molecule has 0 fully saturated rings. The molecule has 1 heterocycles. The molecule has 0 spiro atoms. The third-order valence-corrected chi connectivity index (χ3v) is 1.21. The highest BCUT2D eigenvalue weighted by Crippen LogP contribution is 2.04. The zero-order chi connectivity index (χ0) is 8.81. The van der Waals surface area contributed by atoms with Crippen LogP contribution in [0.5, 0.6) is 5.88 Å². The maximum atomic E-state index is 10.9. The molecule has 63 valence electrons. The van der Waals surface area contributed by atoms with Crippen LogP contribution < -0.4 is 4.74 Å². The van der Waals surface area contributed by atoms with E-state index in [1.807, 2.05) is 6.92 Å². The van der Waals surface area contributed by atoms with Gasteiger partial charge in [0.2, 0.25) is 5.88 Å². The molecule has 12 heavy (non-hydrogen) atoms. The second-order valence-corrected chi connectivity index (χ2v) is 2.20. The summed E-state index contributed by atoms with van der Waals surface area (Å²) in [5, 5.41) is 0. The van der Waals surface area contributed by atoms with E-state index in [9.17, 15) is 4.79 Å². The Bertz CT molecular complexity index is 246. The number of esters is 1. The Morgan fingerprint density at radius 1 is 1.67 bits per heavy atom. The number of nitrogens with zero attached hydrogens (tertiary/aromatic N) is 1. The lowest BCUT2D eigenvalue weighted by Gasteiger charge is -1.99. The number of pyridine rings is 1. The Labute approximate surface area is 71.4 Å². The molecule has 1 rings (SSSR count). The summed E-state index contributed by atoms with van der Waals surface area (Å²) in [6.07, 6.45) is 3.72. The minimum atomic E-state index is -0.351. The molecule has 1 radical (unpaired) electrons. The molecule has 1 aromatic heterocycles. The lowest BCUT2D eigenvalue weighted by molar-refractivity contribution is -0.130. The van der Waals surface area contributed by atoms with Gasteiger partial charge >= 0.3 is 5.97 Å². The van der Waals surface area contributed by atoms with Gasteiger partial charge in [-0.1, -0.05) is 13.0 Å². The van der Waals surface area contributed by atoms with Crippen LogP contribution in [0.1, 0.15) is 13.3 Å². The van der Waals surface area contributed by atoms with Crippen LogP contribution in [0.3, 0.4) is 0 Å². The number of carbonyl (C=O) groups is 1. The van der Waals surface area contributed by atoms with Crippen LogP contribution in [0.25, 0.3) is 0 Å². The number of aromatic nitrogens is 1. The summed E-state index contributed by atoms with van der Waals surface area (Å²) < 4.78 is 4.85. The van der Waals surface area contributed by atoms with Gasteiger partial charge in [-0.3, -0.25) is 4.79 Å². The highest BCUT2D eigenvalue weighted by Gasteiger charge is 2.02. The second kappa shape index (κ2) is 4.49. The normalized spacial score (nSPS) is 9.42. The summed E-state index contributed by atoms with van der Waals surface area (Å²) in [4.78, 5) is 14.7. The van der Waals surface area contributed by atoms with Gasteiger partial charge in [-0.2, -0.15) is 0 Å². The lowest BCUT2D eigenvalue weighted by atomic mass is 10.3. The van der Waals surface area contributed by atoms with Crippen LogP contribution in [0, 0.1) is 6.42 Å². The molecular formula is C9H10NO2. The van der Waals surface area contributed by atoms with E-state index in [0.29, 0.717) is 12.3 Å². The molecule has 0 amide bonds. The van der Waals surface area contributed by atoms with E-state index in [-0.39, 0.29) is 5.97 Å². The topological polar surface area (TPSA) is 39.2 Å². The molecule has 0 aliphatic rings. The van der Waals surface area contributed by atoms with Crippen molar-refractivity contribution in [1.82, 2.24) is 4.98 Å². The van der Waals surface area contributed by atoms with Gasteiger partial charge in [-0.15, -0.1) is 0 Å². The first-order valence-corrected chi connectivity index (χ1v) is 3.79. The van der Waals surface area contributed by atoms with Gasteiger partial charge in [0.25, 0.3) is 0 Å². The first-order chi connectivity index (χ1) is 5.83. The summed E-state index contributed by atoms with van der Waals surface area (Å²) in [5.41, 5.74) is 0. The van der Waals surface area contributed by atoms with Gasteiger partial charge in [0.1, 0.15) is 0 Å². The standard InChI is InChI=1S/C9H10NO2/c1-2-5-9(11)12-8-6-3-4-7-10-8/h3-7H,2H2,1H3. The van der Waals surface area contributed by atoms with Crippen molar-refractivity contribution in [1.29, 1.82) is 0 Å². The van der Waals surface area contributed by atoms with Crippen molar-refractivity contribution in [3.63, 3.8) is 0 Å². The molecule has 0 aromatic carbocycles. The quantitative estimate of drug-likeness (QED) is 0.637. The molecule has 3 nitrogen and oxygen atoms in total. The highest BCUT2D eigenvalue weighted by molar-refractivity contribution is 5.80. The maximum Gasteiger partial charge on any atom is 0.316 e. The van der Waals surface area contributed by atoms with Crippen LogP contribution in [-0.4, -0.2) is 11.0 Å². The Morgan fingerprint density at radius 3 is 3.08 bits per heavy atom. The molecule has 1 aromatic rings. The zero-order valence-corrected chi connectivity index (χ0v) is 6.86. The minimum absolute atomic E-state index is 0.340. The monoisotopic (exact) mass is 164 g/mol. The van der Waals surface area contributed by atoms with E-state index in [1.54, 1.807) is 24.4 Å². The molecule has 0 bridgehead atoms. The molecule has 0 unspecified atom stereocenters. The number of carbonyl (C=O) groups excluding carboxylic acids is 1. The zero-order valence-electron chi connectivity index (χ0n) is 6.86. The third-order valence-electron chi connectivity index (χ3n) is 1.21. The van der Waals surface area contributed by atoms with Crippen molar-refractivity contribution in [2.75, 3.05) is 0 Å². The molecule has 0 aliphatic heterocycles. The van der Waals surface area contributed by atoms with Gasteiger partial charge in [0.15, 0.2) is 0 Å². The van der Waals surface area contributed by atoms with Crippen molar-refractivity contribution >= 4 is 5.97 Å². The summed E-state index contributed by atoms with van der Waals surface area (Å²) in [7, 11) is 0. The van der Waals surface area contributed by atoms with E-state index in [4.69, 9.17) is 4.74 Å². The Morgan fingerprint density at radius 2 is 2.50 bits per heavy atom. The van der Waals surface area contributed by atoms with E-state index < -0.39 is 0 Å². The molecular weight excluding hydrogens is 154 g/mol. The van der Waals surface area contributed by atoms with Crippen LogP contribution in [0.2, 0.25) is 0 Å². The Hall–Kier alpha value is -1.38. The predicted molar refractivity (Wildman–Crippen MR) is 44.5 cm³/mol. The molecule has 0 saturated carbocycles. The summed E-state index contributed by atoms with van der Waals surface area (Å²) in [6.45, 7) is 1.87. The fourth-order valence-electron chi connectivity index (χ4n) is 0.719. The molecule has 3 heteroatoms. The smallest absolute Gasteiger partial charge is 0.316 e. The van der Waals surface area contributed by atoms with Gasteiger partial charge < -0.3 is 4.74 Å². The SMILES string of the molecule is CC[CH]C(=O)Oc1ccccn1. The maximum absolute atomic E-state index is 10.9. The Kier molecular flexibility index (Phi) is 3.26. The summed E-state index contributed by atoms with van der Waals surface area (Å²) >= 11 is 0. The van der Waals surface area contributed by atoms with Crippen molar-refractivity contribution < 1.29 is 9.53 Å². The van der Waals surface area contributed by atoms with E-state index in [1.165, 1.54) is 6.42 Å². The number of rotatable bonds is 3. The van der Waals surface area contributed by atoms with Crippen molar-refractivity contribution in [3.05, 3.63) is 30.8 Å². The fourth-order valence-corrected chi connectivity index (χ4v) is 0.719. The lowest BCUT2D eigenvalue weighted by Crippen LogP contribution is -2.08. The van der Waals surface area contributed by atoms with E-state index in [2.05, 4.69) is 4.98 Å². The van der Waals surface area contributed by atoms with Gasteiger partial charge in [-0.05, 0) is 12.5 Å². The average molecular weight is 164 g/mol. The van der Waals surface area contributed by atoms with Crippen LogP contribution >= 0.6 is 0 Å². The third kappa shape index (κ3) is 2.70. The first kappa shape index (κ1) is 8.71. The van der Waals surface area contributed by atoms with Gasteiger partial charge in [0.05, 0.1) is 6.42 Å². The van der Waals surface area contributed by atoms with Crippen LogP contribution in [-0.2, 0) is 4.79 Å². The first-order valence-electron chi connectivity index (χ1n) is 3.79. The largest absolute Gasteiger partial charge is 0.407 e. The summed E-state index contributed by atoms with van der Waals surface area (Å²) in [6, 6.07) is 5.17. The second-order valence-electron chi connectivity index (χ2n) is 2.20. The molecule has 0 N–H and O–H groups in total. The number of ether oxygens (including phenoxy) is 1. The van der Waals surface area contributed by atoms with Crippen LogP contribution in [0.15, 0.2) is 24.4 Å². The van der Waals surface area contributed by atoms with Crippen molar-refractivity contribution in [2.24, 2.45) is 0 Å². The number of hydrogen-bond acceptors (Lipinski definition) is 3. The highest BCUT2D eigenvalue weighted by atomic mass is 16.5. The number of hydrogen-bond donors (Lipinski definition) is 0. The van der Waals surface area contributed by atoms with E-state index >= 15 is 0 Å². The van der Waals surface area contributed by atoms with Gasteiger partial charge in [-0.25, -0.2) is 4.98 Å².